The molecule has 18 heavy (non-hydrogen) atoms. The maximum Gasteiger partial charge on any atom is 0.426 e. The van der Waals surface area contributed by atoms with Crippen LogP contribution in [0.5, 0.6) is 5.75 Å². The molecule has 0 radical (unpaired) electrons. The molecule has 0 aliphatic rings. The van der Waals surface area contributed by atoms with Gasteiger partial charge in [-0.05, 0) is 12.1 Å². The van der Waals surface area contributed by atoms with Crippen LogP contribution < -0.4 is 0 Å². The molecule has 0 saturated carbocycles. The summed E-state index contributed by atoms with van der Waals surface area (Å²) in [5.41, 5.74) is -0.0348. The lowest BCUT2D eigenvalue weighted by Crippen LogP contribution is -2.00. The maximum absolute atomic E-state index is 11.7. The van der Waals surface area contributed by atoms with E-state index in [4.69, 9.17) is 5.39 Å². The number of hydrogen-bond donors (Lipinski definition) is 1. The lowest BCUT2D eigenvalue weighted by molar-refractivity contribution is 0.484. The summed E-state index contributed by atoms with van der Waals surface area (Å²) in [5, 5.41) is 19.0. The molecule has 8 heteroatoms. The summed E-state index contributed by atoms with van der Waals surface area (Å²) in [7, 11) is -3.88. The van der Waals surface area contributed by atoms with Crippen molar-refractivity contribution in [2.45, 2.75) is 4.90 Å². The zero-order valence-electron chi connectivity index (χ0n) is 8.74. The van der Waals surface area contributed by atoms with Crippen molar-refractivity contribution in [2.24, 2.45) is 0 Å². The molecular formula is C10H6IN2O4S+. The van der Waals surface area contributed by atoms with E-state index in [1.54, 1.807) is 0 Å². The van der Waals surface area contributed by atoms with Crippen LogP contribution >= 0.6 is 23.0 Å². The van der Waals surface area contributed by atoms with Gasteiger partial charge in [0.15, 0.2) is 4.98 Å². The standard InChI is InChI=1S/C10H5IN2O4S/c11-17-18(15,16)9-3-1-2-7-6(9)4-5-8(13-12)10(7)14/h1-5H/p+1. The van der Waals surface area contributed by atoms with Gasteiger partial charge in [-0.2, -0.15) is 10.9 Å². The Bertz CT molecular complexity index is 767. The van der Waals surface area contributed by atoms with Gasteiger partial charge in [-0.3, -0.25) is 0 Å². The highest BCUT2D eigenvalue weighted by molar-refractivity contribution is 14.1. The van der Waals surface area contributed by atoms with Crippen LogP contribution in [0.25, 0.3) is 15.7 Å². The summed E-state index contributed by atoms with van der Waals surface area (Å²) in [4.78, 5) is 2.84. The van der Waals surface area contributed by atoms with Gasteiger partial charge in [0.25, 0.3) is 0 Å². The predicted octanol–water partition coefficient (Wildman–Crippen LogP) is 3.09. The van der Waals surface area contributed by atoms with Crippen molar-refractivity contribution in [3.05, 3.63) is 35.3 Å². The smallest absolute Gasteiger partial charge is 0.426 e. The predicted molar refractivity (Wildman–Crippen MR) is 72.6 cm³/mol. The Hall–Kier alpha value is -1.44. The molecule has 2 rings (SSSR count). The zero-order valence-corrected chi connectivity index (χ0v) is 11.7. The fourth-order valence-corrected chi connectivity index (χ4v) is 2.98. The first-order valence-corrected chi connectivity index (χ1v) is 6.95. The number of aromatic hydroxyl groups is 1. The normalized spacial score (nSPS) is 11.3. The number of phenols is 1. The van der Waals surface area contributed by atoms with Crippen molar-refractivity contribution in [3.63, 3.8) is 0 Å². The molecule has 6 nitrogen and oxygen atoms in total. The summed E-state index contributed by atoms with van der Waals surface area (Å²) in [6.45, 7) is 0. The quantitative estimate of drug-likeness (QED) is 0.642. The minimum absolute atomic E-state index is 0.0348. The van der Waals surface area contributed by atoms with Crippen molar-refractivity contribution in [1.82, 2.24) is 0 Å². The highest BCUT2D eigenvalue weighted by Crippen LogP contribution is 2.37. The van der Waals surface area contributed by atoms with Crippen LogP contribution in [-0.4, -0.2) is 13.5 Å². The van der Waals surface area contributed by atoms with Crippen molar-refractivity contribution in [1.29, 1.82) is 5.39 Å². The van der Waals surface area contributed by atoms with Crippen LogP contribution in [0.15, 0.2) is 35.2 Å². The molecular weight excluding hydrogens is 371 g/mol. The first kappa shape index (κ1) is 13.0. The largest absolute Gasteiger partial charge is 0.501 e. The van der Waals surface area contributed by atoms with E-state index < -0.39 is 10.1 Å². The molecule has 0 spiro atoms. The molecule has 0 aromatic heterocycles. The topological polar surface area (TPSA) is 91.8 Å². The average molecular weight is 377 g/mol. The Labute approximate surface area is 117 Å². The molecule has 0 saturated heterocycles. The van der Waals surface area contributed by atoms with Gasteiger partial charge in [0.2, 0.25) is 11.1 Å². The summed E-state index contributed by atoms with van der Waals surface area (Å²) >= 11 is 1.28. The molecule has 0 amide bonds. The van der Waals surface area contributed by atoms with E-state index in [9.17, 15) is 13.5 Å². The second-order valence-electron chi connectivity index (χ2n) is 3.40. The second-order valence-corrected chi connectivity index (χ2v) is 5.95. The van der Waals surface area contributed by atoms with E-state index in [-0.39, 0.29) is 21.7 Å². The fourth-order valence-electron chi connectivity index (χ4n) is 1.63. The molecule has 1 N–H and O–H groups in total. The maximum atomic E-state index is 11.7. The van der Waals surface area contributed by atoms with Gasteiger partial charge in [-0.25, -0.2) is 0 Å². The third kappa shape index (κ3) is 2.00. The van der Waals surface area contributed by atoms with Crippen LogP contribution in [0, 0.1) is 5.39 Å². The number of fused-ring (bicyclic) bond motifs is 1. The molecule has 0 fully saturated rings. The van der Waals surface area contributed by atoms with E-state index in [1.807, 2.05) is 0 Å². The molecule has 0 heterocycles. The minimum atomic E-state index is -3.88. The zero-order chi connectivity index (χ0) is 13.3. The van der Waals surface area contributed by atoms with Crippen LogP contribution in [0.3, 0.4) is 0 Å². The molecule has 2 aromatic carbocycles. The van der Waals surface area contributed by atoms with Crippen LogP contribution in [0.1, 0.15) is 0 Å². The molecule has 0 atom stereocenters. The summed E-state index contributed by atoms with van der Waals surface area (Å²) in [5.74, 6) is -0.291. The van der Waals surface area contributed by atoms with E-state index >= 15 is 0 Å². The minimum Gasteiger partial charge on any atom is -0.501 e. The number of diazo groups is 1. The van der Waals surface area contributed by atoms with Crippen LogP contribution in [0.2, 0.25) is 0 Å². The molecule has 0 bridgehead atoms. The number of nitrogens with zero attached hydrogens (tertiary/aromatic N) is 2. The summed E-state index contributed by atoms with van der Waals surface area (Å²) in [6.07, 6.45) is 0. The number of halogens is 1. The van der Waals surface area contributed by atoms with E-state index in [0.717, 1.165) is 0 Å². The summed E-state index contributed by atoms with van der Waals surface area (Å²) in [6, 6.07) is 7.10. The Morgan fingerprint density at radius 1 is 1.22 bits per heavy atom. The van der Waals surface area contributed by atoms with Gasteiger partial charge < -0.3 is 5.11 Å². The molecule has 0 aliphatic carbocycles. The van der Waals surface area contributed by atoms with Gasteiger partial charge >= 0.3 is 15.8 Å². The number of phenolic OH excluding ortho intramolecular Hbond substituents is 1. The van der Waals surface area contributed by atoms with Crippen molar-refractivity contribution >= 4 is 49.6 Å². The van der Waals surface area contributed by atoms with E-state index in [2.05, 4.69) is 7.49 Å². The monoisotopic (exact) mass is 377 g/mol. The molecule has 92 valence electrons. The van der Waals surface area contributed by atoms with E-state index in [0.29, 0.717) is 5.39 Å². The van der Waals surface area contributed by atoms with Gasteiger partial charge in [-0.15, -0.1) is 0 Å². The Balaban J connectivity index is 2.90. The highest BCUT2D eigenvalue weighted by Gasteiger charge is 2.22. The average Bonchev–Trinajstić information content (AvgIpc) is 2.39. The number of rotatable bonds is 2. The fraction of sp³-hybridized carbons (Fsp3) is 0. The van der Waals surface area contributed by atoms with Crippen LogP contribution in [-0.2, 0) is 12.6 Å². The SMILES string of the molecule is N#[N+]c1ccc2c(S(=O)(=O)OI)cccc2c1O. The third-order valence-electron chi connectivity index (χ3n) is 2.43. The first-order chi connectivity index (χ1) is 8.51. The molecule has 0 aliphatic heterocycles. The third-order valence-corrected chi connectivity index (χ3v) is 4.91. The molecule has 2 aromatic rings. The molecule has 0 unspecified atom stereocenters. The lowest BCUT2D eigenvalue weighted by Gasteiger charge is -2.05. The van der Waals surface area contributed by atoms with Gasteiger partial charge in [-0.1, -0.05) is 12.1 Å². The van der Waals surface area contributed by atoms with Crippen LogP contribution in [0.4, 0.5) is 5.69 Å². The van der Waals surface area contributed by atoms with Crippen molar-refractivity contribution in [3.8, 4) is 5.75 Å². The van der Waals surface area contributed by atoms with E-state index in [1.165, 1.54) is 53.3 Å². The Morgan fingerprint density at radius 3 is 2.56 bits per heavy atom. The summed E-state index contributed by atoms with van der Waals surface area (Å²) < 4.78 is 27.8. The first-order valence-electron chi connectivity index (χ1n) is 4.66. The van der Waals surface area contributed by atoms with Gasteiger partial charge in [0, 0.05) is 16.8 Å². The van der Waals surface area contributed by atoms with Gasteiger partial charge in [0.05, 0.1) is 0 Å². The number of benzene rings is 2. The Morgan fingerprint density at radius 2 is 1.94 bits per heavy atom. The lowest BCUT2D eigenvalue weighted by atomic mass is 10.1. The van der Waals surface area contributed by atoms with Crippen molar-refractivity contribution in [2.75, 3.05) is 0 Å². The van der Waals surface area contributed by atoms with Crippen molar-refractivity contribution < 1.29 is 16.0 Å². The second kappa shape index (κ2) is 4.68. The number of hydrogen-bond acceptors (Lipinski definition) is 5. The Kier molecular flexibility index (Phi) is 3.38. The van der Waals surface area contributed by atoms with Gasteiger partial charge in [0.1, 0.15) is 27.9 Å². The highest BCUT2D eigenvalue weighted by atomic mass is 127.